The molecule has 0 radical (unpaired) electrons. The number of aryl methyl sites for hydroxylation is 2. The highest BCUT2D eigenvalue weighted by Gasteiger charge is 2.03. The van der Waals surface area contributed by atoms with Gasteiger partial charge in [0.2, 0.25) is 0 Å². The zero-order valence-corrected chi connectivity index (χ0v) is 10.1. The Labute approximate surface area is 98.8 Å². The van der Waals surface area contributed by atoms with Gasteiger partial charge in [-0.15, -0.1) is 11.3 Å². The van der Waals surface area contributed by atoms with Gasteiger partial charge in [0.1, 0.15) is 5.75 Å². The van der Waals surface area contributed by atoms with Crippen LogP contribution in [0.3, 0.4) is 0 Å². The van der Waals surface area contributed by atoms with Gasteiger partial charge < -0.3 is 10.4 Å². The topological polar surface area (TPSA) is 45.2 Å². The minimum absolute atomic E-state index is 0.387. The van der Waals surface area contributed by atoms with E-state index in [1.807, 2.05) is 31.4 Å². The lowest BCUT2D eigenvalue weighted by molar-refractivity contribution is 0.466. The molecule has 16 heavy (non-hydrogen) atoms. The number of nitrogens with zero attached hydrogens (tertiary/aromatic N) is 1. The number of hydrogen-bond donors (Lipinski definition) is 2. The minimum Gasteiger partial charge on any atom is -0.507 e. The van der Waals surface area contributed by atoms with Crippen molar-refractivity contribution in [3.63, 3.8) is 0 Å². The van der Waals surface area contributed by atoms with Crippen molar-refractivity contribution in [2.75, 3.05) is 5.32 Å². The smallest absolute Gasteiger partial charge is 0.182 e. The summed E-state index contributed by atoms with van der Waals surface area (Å²) in [6.45, 7) is 4.56. The normalized spacial score (nSPS) is 10.4. The quantitative estimate of drug-likeness (QED) is 0.857. The van der Waals surface area contributed by atoms with Crippen LogP contribution in [-0.4, -0.2) is 10.1 Å². The van der Waals surface area contributed by atoms with E-state index in [4.69, 9.17) is 0 Å². The lowest BCUT2D eigenvalue weighted by Crippen LogP contribution is -1.99. The molecule has 0 aliphatic carbocycles. The number of anilines is 1. The maximum atomic E-state index is 9.65. The van der Waals surface area contributed by atoms with Crippen molar-refractivity contribution < 1.29 is 5.11 Å². The summed E-state index contributed by atoms with van der Waals surface area (Å²) in [5.41, 5.74) is 2.98. The van der Waals surface area contributed by atoms with Crippen molar-refractivity contribution in [1.29, 1.82) is 0 Å². The molecule has 0 saturated carbocycles. The molecule has 1 aromatic carbocycles. The van der Waals surface area contributed by atoms with Crippen LogP contribution in [0.25, 0.3) is 0 Å². The highest BCUT2D eigenvalue weighted by atomic mass is 32.1. The average molecular weight is 234 g/mol. The van der Waals surface area contributed by atoms with Crippen LogP contribution in [0.5, 0.6) is 5.75 Å². The van der Waals surface area contributed by atoms with E-state index in [0.29, 0.717) is 5.75 Å². The molecule has 2 N–H and O–H groups in total. The summed E-state index contributed by atoms with van der Waals surface area (Å²) in [7, 11) is 0. The second-order valence-corrected chi connectivity index (χ2v) is 4.66. The molecule has 4 heteroatoms. The molecule has 0 saturated heterocycles. The van der Waals surface area contributed by atoms with E-state index < -0.39 is 0 Å². The summed E-state index contributed by atoms with van der Waals surface area (Å²) < 4.78 is 0. The molecule has 0 unspecified atom stereocenters. The lowest BCUT2D eigenvalue weighted by atomic mass is 10.1. The van der Waals surface area contributed by atoms with Crippen LogP contribution in [0.1, 0.15) is 16.7 Å². The zero-order chi connectivity index (χ0) is 11.5. The van der Waals surface area contributed by atoms with Crippen molar-refractivity contribution in [2.24, 2.45) is 0 Å². The van der Waals surface area contributed by atoms with Gasteiger partial charge in [0.05, 0.1) is 0 Å². The number of rotatable bonds is 3. The molecule has 3 nitrogen and oxygen atoms in total. The summed E-state index contributed by atoms with van der Waals surface area (Å²) in [4.78, 5) is 4.15. The highest BCUT2D eigenvalue weighted by Crippen LogP contribution is 2.23. The molecule has 1 aromatic heterocycles. The predicted molar refractivity (Wildman–Crippen MR) is 67.0 cm³/mol. The van der Waals surface area contributed by atoms with Gasteiger partial charge >= 0.3 is 0 Å². The molecule has 84 valence electrons. The van der Waals surface area contributed by atoms with Crippen molar-refractivity contribution in [3.05, 3.63) is 40.4 Å². The lowest BCUT2D eigenvalue weighted by Gasteiger charge is -2.08. The molecule has 0 spiro atoms. The van der Waals surface area contributed by atoms with Crippen molar-refractivity contribution >= 4 is 16.5 Å². The summed E-state index contributed by atoms with van der Waals surface area (Å²) in [5, 5.41) is 15.8. The first-order chi connectivity index (χ1) is 7.66. The molecule has 1 heterocycles. The zero-order valence-electron chi connectivity index (χ0n) is 9.32. The van der Waals surface area contributed by atoms with Crippen LogP contribution in [0, 0.1) is 13.8 Å². The van der Waals surface area contributed by atoms with Crippen LogP contribution < -0.4 is 5.32 Å². The maximum absolute atomic E-state index is 9.65. The van der Waals surface area contributed by atoms with E-state index in [0.717, 1.165) is 28.4 Å². The van der Waals surface area contributed by atoms with Crippen LogP contribution in [0.15, 0.2) is 23.7 Å². The third-order valence-corrected chi connectivity index (χ3v) is 3.16. The van der Waals surface area contributed by atoms with E-state index in [-0.39, 0.29) is 0 Å². The Morgan fingerprint density at radius 2 is 2.00 bits per heavy atom. The van der Waals surface area contributed by atoms with E-state index in [1.165, 1.54) is 0 Å². The number of thiazole rings is 1. The maximum Gasteiger partial charge on any atom is 0.182 e. The first-order valence-electron chi connectivity index (χ1n) is 5.09. The number of aromatic hydroxyl groups is 1. The monoisotopic (exact) mass is 234 g/mol. The number of phenolic OH excluding ortho intramolecular Hbond substituents is 1. The van der Waals surface area contributed by atoms with E-state index in [1.54, 1.807) is 17.5 Å². The summed E-state index contributed by atoms with van der Waals surface area (Å²) in [5.74, 6) is 0.387. The second-order valence-electron chi connectivity index (χ2n) is 3.77. The van der Waals surface area contributed by atoms with Crippen LogP contribution in [-0.2, 0) is 6.54 Å². The fourth-order valence-corrected chi connectivity index (χ4v) is 2.16. The summed E-state index contributed by atoms with van der Waals surface area (Å²) in [6, 6.07) is 3.98. The Kier molecular flexibility index (Phi) is 3.10. The molecule has 2 aromatic rings. The van der Waals surface area contributed by atoms with Gasteiger partial charge in [-0.1, -0.05) is 12.1 Å². The number of phenols is 1. The van der Waals surface area contributed by atoms with Crippen molar-refractivity contribution in [1.82, 2.24) is 4.98 Å². The van der Waals surface area contributed by atoms with Gasteiger partial charge in [-0.2, -0.15) is 0 Å². The summed E-state index contributed by atoms with van der Waals surface area (Å²) in [6.07, 6.45) is 1.78. The van der Waals surface area contributed by atoms with Crippen molar-refractivity contribution in [3.8, 4) is 5.75 Å². The van der Waals surface area contributed by atoms with Crippen LogP contribution in [0.4, 0.5) is 5.13 Å². The molecule has 0 bridgehead atoms. The molecule has 0 aliphatic heterocycles. The third-order valence-electron chi connectivity index (χ3n) is 2.43. The second kappa shape index (κ2) is 4.53. The number of nitrogens with one attached hydrogen (secondary N) is 1. The molecule has 0 aliphatic rings. The first-order valence-corrected chi connectivity index (χ1v) is 5.97. The van der Waals surface area contributed by atoms with E-state index in [2.05, 4.69) is 10.3 Å². The number of hydrogen-bond acceptors (Lipinski definition) is 4. The Balaban J connectivity index is 2.10. The Morgan fingerprint density at radius 1 is 1.31 bits per heavy atom. The number of aromatic nitrogens is 1. The number of benzene rings is 1. The Hall–Kier alpha value is -1.55. The van der Waals surface area contributed by atoms with Crippen LogP contribution >= 0.6 is 11.3 Å². The van der Waals surface area contributed by atoms with Gasteiger partial charge in [0.25, 0.3) is 0 Å². The molecule has 0 atom stereocenters. The fraction of sp³-hybridized carbons (Fsp3) is 0.250. The Morgan fingerprint density at radius 3 is 2.56 bits per heavy atom. The fourth-order valence-electron chi connectivity index (χ4n) is 1.64. The molecule has 0 fully saturated rings. The van der Waals surface area contributed by atoms with E-state index >= 15 is 0 Å². The van der Waals surface area contributed by atoms with Crippen molar-refractivity contribution in [2.45, 2.75) is 20.4 Å². The molecular weight excluding hydrogens is 220 g/mol. The molecular formula is C12H14N2OS. The highest BCUT2D eigenvalue weighted by molar-refractivity contribution is 7.13. The minimum atomic E-state index is 0.387. The average Bonchev–Trinajstić information content (AvgIpc) is 2.75. The van der Waals surface area contributed by atoms with Gasteiger partial charge in [-0.3, -0.25) is 0 Å². The largest absolute Gasteiger partial charge is 0.507 e. The third kappa shape index (κ3) is 2.33. The van der Waals surface area contributed by atoms with Gasteiger partial charge in [-0.05, 0) is 30.5 Å². The summed E-state index contributed by atoms with van der Waals surface area (Å²) >= 11 is 1.58. The molecule has 0 amide bonds. The SMILES string of the molecule is Cc1cc(CNc2nccs2)cc(C)c1O. The predicted octanol–water partition coefficient (Wildman–Crippen LogP) is 3.08. The van der Waals surface area contributed by atoms with Crippen LogP contribution in [0.2, 0.25) is 0 Å². The molecule has 2 rings (SSSR count). The first kappa shape index (κ1) is 11.0. The van der Waals surface area contributed by atoms with Gasteiger partial charge in [-0.25, -0.2) is 4.98 Å². The van der Waals surface area contributed by atoms with Gasteiger partial charge in [0, 0.05) is 18.1 Å². The van der Waals surface area contributed by atoms with Gasteiger partial charge in [0.15, 0.2) is 5.13 Å². The van der Waals surface area contributed by atoms with E-state index in [9.17, 15) is 5.11 Å². The standard InChI is InChI=1S/C12H14N2OS/c1-8-5-10(6-9(2)11(8)15)7-14-12-13-3-4-16-12/h3-6,15H,7H2,1-2H3,(H,13,14). The Bertz CT molecular complexity index is 457.